The van der Waals surface area contributed by atoms with E-state index in [2.05, 4.69) is 4.72 Å². The quantitative estimate of drug-likeness (QED) is 0.447. The Kier molecular flexibility index (Phi) is 7.52. The van der Waals surface area contributed by atoms with Crippen molar-refractivity contribution in [1.82, 2.24) is 14.3 Å². The van der Waals surface area contributed by atoms with Gasteiger partial charge in [-0.25, -0.2) is 4.79 Å². The van der Waals surface area contributed by atoms with E-state index in [0.717, 1.165) is 30.7 Å². The van der Waals surface area contributed by atoms with E-state index < -0.39 is 70.7 Å². The highest BCUT2D eigenvalue weighted by Gasteiger charge is 2.51. The lowest BCUT2D eigenvalue weighted by atomic mass is 10.1. The standard InChI is InChI=1S/C16H23N3O10S/c1-8(2)18-30(24,25)26-7-11-13(27-9(3)20)14(28-10(4)21)15(29-11)19-6-5-12(22)17-16(19)23/h5-6,8,11,13-15,18H,7H2,1-4H3,(H,17,22,23)/t11-,13?,14?,15-/m1/s1. The number of aromatic amines is 1. The van der Waals surface area contributed by atoms with Gasteiger partial charge in [0.15, 0.2) is 18.4 Å². The van der Waals surface area contributed by atoms with E-state index in [-0.39, 0.29) is 0 Å². The van der Waals surface area contributed by atoms with E-state index in [4.69, 9.17) is 18.4 Å². The van der Waals surface area contributed by atoms with Crippen molar-refractivity contribution in [3.8, 4) is 0 Å². The first-order valence-corrected chi connectivity index (χ1v) is 10.3. The molecule has 2 rings (SSSR count). The summed E-state index contributed by atoms with van der Waals surface area (Å²) in [6, 6.07) is 0.599. The van der Waals surface area contributed by atoms with Gasteiger partial charge in [0.05, 0.1) is 6.61 Å². The lowest BCUT2D eigenvalue weighted by Crippen LogP contribution is -2.43. The third-order valence-electron chi connectivity index (χ3n) is 3.78. The smallest absolute Gasteiger partial charge is 0.336 e. The molecule has 1 aromatic heterocycles. The Morgan fingerprint density at radius 3 is 2.33 bits per heavy atom. The highest BCUT2D eigenvalue weighted by Crippen LogP contribution is 2.33. The lowest BCUT2D eigenvalue weighted by molar-refractivity contribution is -0.165. The van der Waals surface area contributed by atoms with Gasteiger partial charge in [0.25, 0.3) is 5.56 Å². The van der Waals surface area contributed by atoms with E-state index in [0.29, 0.717) is 0 Å². The van der Waals surface area contributed by atoms with Crippen LogP contribution >= 0.6 is 0 Å². The third-order valence-corrected chi connectivity index (χ3v) is 4.99. The second kappa shape index (κ2) is 9.51. The minimum atomic E-state index is -4.15. The fraction of sp³-hybridized carbons (Fsp3) is 0.625. The molecule has 168 valence electrons. The zero-order valence-electron chi connectivity index (χ0n) is 16.7. The van der Waals surface area contributed by atoms with E-state index >= 15 is 0 Å². The molecule has 1 aliphatic rings. The van der Waals surface area contributed by atoms with Crippen molar-refractivity contribution >= 4 is 22.2 Å². The average molecular weight is 449 g/mol. The number of nitrogens with one attached hydrogen (secondary N) is 2. The number of carbonyl (C=O) groups is 2. The van der Waals surface area contributed by atoms with Crippen LogP contribution in [0.2, 0.25) is 0 Å². The number of ether oxygens (including phenoxy) is 3. The molecule has 14 heteroatoms. The molecule has 0 spiro atoms. The van der Waals surface area contributed by atoms with Crippen LogP contribution in [0.5, 0.6) is 0 Å². The van der Waals surface area contributed by atoms with Crippen LogP contribution in [-0.2, 0) is 38.3 Å². The van der Waals surface area contributed by atoms with Crippen LogP contribution in [0.1, 0.15) is 33.9 Å². The number of carbonyl (C=O) groups excluding carboxylic acids is 2. The monoisotopic (exact) mass is 449 g/mol. The first-order valence-electron chi connectivity index (χ1n) is 8.87. The van der Waals surface area contributed by atoms with Crippen LogP contribution in [0.3, 0.4) is 0 Å². The summed E-state index contributed by atoms with van der Waals surface area (Å²) < 4.78 is 47.9. The van der Waals surface area contributed by atoms with Crippen molar-refractivity contribution in [2.24, 2.45) is 0 Å². The molecule has 2 unspecified atom stereocenters. The molecule has 30 heavy (non-hydrogen) atoms. The number of hydrogen-bond acceptors (Lipinski definition) is 10. The fourth-order valence-corrected chi connectivity index (χ4v) is 3.78. The minimum absolute atomic E-state index is 0.440. The molecular formula is C16H23N3O10S. The molecular weight excluding hydrogens is 426 g/mol. The molecule has 2 N–H and O–H groups in total. The zero-order valence-corrected chi connectivity index (χ0v) is 17.5. The summed E-state index contributed by atoms with van der Waals surface area (Å²) in [5.41, 5.74) is -1.54. The molecule has 0 radical (unpaired) electrons. The Balaban J connectivity index is 2.38. The van der Waals surface area contributed by atoms with Crippen LogP contribution in [0.4, 0.5) is 0 Å². The predicted octanol–water partition coefficient (Wildman–Crippen LogP) is -1.44. The number of nitrogens with zero attached hydrogens (tertiary/aromatic N) is 1. The van der Waals surface area contributed by atoms with Crippen molar-refractivity contribution < 1.29 is 36.4 Å². The van der Waals surface area contributed by atoms with Gasteiger partial charge in [-0.3, -0.25) is 28.1 Å². The molecule has 0 aromatic carbocycles. The Morgan fingerprint density at radius 2 is 1.80 bits per heavy atom. The van der Waals surface area contributed by atoms with Crippen molar-refractivity contribution in [2.75, 3.05) is 6.61 Å². The van der Waals surface area contributed by atoms with Crippen LogP contribution < -0.4 is 16.0 Å². The molecule has 1 aliphatic heterocycles. The maximum absolute atomic E-state index is 12.2. The molecule has 1 saturated heterocycles. The number of H-pyrrole nitrogens is 1. The maximum atomic E-state index is 12.2. The number of hydrogen-bond donors (Lipinski definition) is 2. The fourth-order valence-electron chi connectivity index (χ4n) is 2.82. The van der Waals surface area contributed by atoms with Gasteiger partial charge in [0.1, 0.15) is 6.10 Å². The zero-order chi connectivity index (χ0) is 22.6. The largest absolute Gasteiger partial charge is 0.456 e. The molecule has 0 amide bonds. The van der Waals surface area contributed by atoms with Crippen LogP contribution in [0.15, 0.2) is 21.9 Å². The third kappa shape index (κ3) is 6.22. The normalized spacial score (nSPS) is 24.0. The predicted molar refractivity (Wildman–Crippen MR) is 99.5 cm³/mol. The van der Waals surface area contributed by atoms with Gasteiger partial charge < -0.3 is 14.2 Å². The van der Waals surface area contributed by atoms with Crippen molar-refractivity contribution in [3.05, 3.63) is 33.1 Å². The van der Waals surface area contributed by atoms with Gasteiger partial charge in [0, 0.05) is 32.2 Å². The molecule has 0 saturated carbocycles. The molecule has 0 aliphatic carbocycles. The first kappa shape index (κ1) is 23.7. The highest BCUT2D eigenvalue weighted by atomic mass is 32.2. The minimum Gasteiger partial charge on any atom is -0.456 e. The number of aromatic nitrogens is 2. The van der Waals surface area contributed by atoms with E-state index in [1.54, 1.807) is 13.8 Å². The van der Waals surface area contributed by atoms with Gasteiger partial charge in [-0.2, -0.15) is 13.1 Å². The summed E-state index contributed by atoms with van der Waals surface area (Å²) in [6.07, 6.45) is -4.04. The number of rotatable bonds is 8. The van der Waals surface area contributed by atoms with Gasteiger partial charge >= 0.3 is 27.9 Å². The first-order chi connectivity index (χ1) is 13.9. The molecule has 13 nitrogen and oxygen atoms in total. The Hall–Kier alpha value is -2.55. The van der Waals surface area contributed by atoms with Crippen molar-refractivity contribution in [1.29, 1.82) is 0 Å². The van der Waals surface area contributed by atoms with Crippen LogP contribution in [0, 0.1) is 0 Å². The van der Waals surface area contributed by atoms with E-state index in [1.165, 1.54) is 0 Å². The Bertz CT molecular complexity index is 999. The Labute approximate surface area is 171 Å². The second-order valence-electron chi connectivity index (χ2n) is 6.74. The summed E-state index contributed by atoms with van der Waals surface area (Å²) in [7, 11) is -4.15. The van der Waals surface area contributed by atoms with Gasteiger partial charge in [-0.05, 0) is 13.8 Å². The van der Waals surface area contributed by atoms with E-state index in [9.17, 15) is 27.6 Å². The Morgan fingerprint density at radius 1 is 1.20 bits per heavy atom. The molecule has 4 atom stereocenters. The highest BCUT2D eigenvalue weighted by molar-refractivity contribution is 7.84. The molecule has 0 bridgehead atoms. The molecule has 1 aromatic rings. The summed E-state index contributed by atoms with van der Waals surface area (Å²) in [6.45, 7) is 4.76. The SMILES string of the molecule is CC(=O)OC1C(OC(C)=O)[C@@H](COS(=O)(=O)NC(C)C)O[C@H]1n1ccc(=O)[nH]c1=O. The topological polar surface area (TPSA) is 172 Å². The van der Waals surface area contributed by atoms with E-state index in [1.807, 2.05) is 4.98 Å². The van der Waals surface area contributed by atoms with Crippen LogP contribution in [0.25, 0.3) is 0 Å². The number of esters is 2. The van der Waals surface area contributed by atoms with Gasteiger partial charge in [-0.15, -0.1) is 0 Å². The summed E-state index contributed by atoms with van der Waals surface area (Å²) >= 11 is 0. The molecule has 1 fully saturated rings. The maximum Gasteiger partial charge on any atom is 0.336 e. The summed E-state index contributed by atoms with van der Waals surface area (Å²) in [4.78, 5) is 48.7. The summed E-state index contributed by atoms with van der Waals surface area (Å²) in [5.74, 6) is -1.53. The summed E-state index contributed by atoms with van der Waals surface area (Å²) in [5, 5.41) is 0. The lowest BCUT2D eigenvalue weighted by Gasteiger charge is -2.23. The van der Waals surface area contributed by atoms with Crippen molar-refractivity contribution in [3.63, 3.8) is 0 Å². The van der Waals surface area contributed by atoms with Gasteiger partial charge in [0.2, 0.25) is 0 Å². The molecule has 2 heterocycles. The van der Waals surface area contributed by atoms with Crippen molar-refractivity contribution in [2.45, 2.75) is 58.3 Å². The van der Waals surface area contributed by atoms with Crippen LogP contribution in [-0.4, -0.2) is 60.9 Å². The van der Waals surface area contributed by atoms with Gasteiger partial charge in [-0.1, -0.05) is 0 Å². The average Bonchev–Trinajstić information content (AvgIpc) is 2.88. The second-order valence-corrected chi connectivity index (χ2v) is 8.12.